The van der Waals surface area contributed by atoms with E-state index in [-0.39, 0.29) is 0 Å². The number of hydrogen-bond donors (Lipinski definition) is 0. The van der Waals surface area contributed by atoms with E-state index in [4.69, 9.17) is 0 Å². The first kappa shape index (κ1) is 12.9. The molecule has 3 aromatic heterocycles. The van der Waals surface area contributed by atoms with Gasteiger partial charge < -0.3 is 0 Å². The Morgan fingerprint density at radius 2 is 1.36 bits per heavy atom. The molecule has 0 saturated carbocycles. The molecule has 0 radical (unpaired) electrons. The molecule has 3 aromatic carbocycles. The van der Waals surface area contributed by atoms with Gasteiger partial charge in [0.05, 0.1) is 0 Å². The number of aromatic nitrogens is 3. The standard InChI is InChI=1S/C22H13N3/c1-2-5-16-14(4-1)7-8-15-12-19-17-6-3-9-23-21(17)25-11-10-24-22(25)20(19)13-18(15)16/h1-13H. The van der Waals surface area contributed by atoms with E-state index in [1.807, 2.05) is 24.7 Å². The SMILES string of the molecule is c1ccc2c(c1)ccc1cc3c4cccnc4n4ccnc4c3cc12. The fourth-order valence-electron chi connectivity index (χ4n) is 3.94. The van der Waals surface area contributed by atoms with Gasteiger partial charge in [-0.3, -0.25) is 4.40 Å². The molecule has 0 atom stereocenters. The summed E-state index contributed by atoms with van der Waals surface area (Å²) in [6.07, 6.45) is 5.66. The molecule has 6 aromatic rings. The molecule has 0 amide bonds. The van der Waals surface area contributed by atoms with Gasteiger partial charge in [-0.15, -0.1) is 0 Å². The van der Waals surface area contributed by atoms with Crippen molar-refractivity contribution in [1.82, 2.24) is 14.4 Å². The second-order valence-electron chi connectivity index (χ2n) is 6.40. The number of rotatable bonds is 0. The molecule has 0 N–H and O–H groups in total. The largest absolute Gasteiger partial charge is 0.283 e. The van der Waals surface area contributed by atoms with Gasteiger partial charge in [0.1, 0.15) is 11.3 Å². The van der Waals surface area contributed by atoms with Gasteiger partial charge in [0.15, 0.2) is 0 Å². The second-order valence-corrected chi connectivity index (χ2v) is 6.40. The molecule has 25 heavy (non-hydrogen) atoms. The molecule has 116 valence electrons. The predicted molar refractivity (Wildman–Crippen MR) is 103 cm³/mol. The van der Waals surface area contributed by atoms with Crippen molar-refractivity contribution in [2.75, 3.05) is 0 Å². The van der Waals surface area contributed by atoms with Gasteiger partial charge in [-0.25, -0.2) is 9.97 Å². The zero-order valence-electron chi connectivity index (χ0n) is 13.3. The van der Waals surface area contributed by atoms with E-state index in [1.165, 1.54) is 26.9 Å². The topological polar surface area (TPSA) is 30.2 Å². The molecule has 0 aliphatic carbocycles. The molecule has 0 bridgehead atoms. The maximum absolute atomic E-state index is 4.61. The van der Waals surface area contributed by atoms with Crippen molar-refractivity contribution in [3.05, 3.63) is 79.3 Å². The molecule has 0 spiro atoms. The molecule has 3 heteroatoms. The third-order valence-electron chi connectivity index (χ3n) is 5.07. The summed E-state index contributed by atoms with van der Waals surface area (Å²) in [4.78, 5) is 9.19. The van der Waals surface area contributed by atoms with Crippen LogP contribution in [0.1, 0.15) is 0 Å². The summed E-state index contributed by atoms with van der Waals surface area (Å²) in [7, 11) is 0. The van der Waals surface area contributed by atoms with Crippen molar-refractivity contribution in [2.24, 2.45) is 0 Å². The van der Waals surface area contributed by atoms with E-state index in [1.54, 1.807) is 0 Å². The fourth-order valence-corrected chi connectivity index (χ4v) is 3.94. The van der Waals surface area contributed by atoms with E-state index in [2.05, 4.69) is 69.0 Å². The Morgan fingerprint density at radius 3 is 2.36 bits per heavy atom. The quantitative estimate of drug-likeness (QED) is 0.279. The summed E-state index contributed by atoms with van der Waals surface area (Å²) in [6.45, 7) is 0. The summed E-state index contributed by atoms with van der Waals surface area (Å²) < 4.78 is 2.08. The third-order valence-corrected chi connectivity index (χ3v) is 5.07. The van der Waals surface area contributed by atoms with Crippen molar-refractivity contribution in [3.63, 3.8) is 0 Å². The van der Waals surface area contributed by atoms with Crippen molar-refractivity contribution in [2.45, 2.75) is 0 Å². The Labute approximate surface area is 143 Å². The highest BCUT2D eigenvalue weighted by molar-refractivity contribution is 6.19. The molecule has 6 rings (SSSR count). The predicted octanol–water partition coefficient (Wildman–Crippen LogP) is 5.34. The van der Waals surface area contributed by atoms with Crippen LogP contribution >= 0.6 is 0 Å². The zero-order chi connectivity index (χ0) is 16.4. The van der Waals surface area contributed by atoms with Crippen LogP contribution in [0.4, 0.5) is 0 Å². The lowest BCUT2D eigenvalue weighted by Crippen LogP contribution is -1.93. The smallest absolute Gasteiger partial charge is 0.146 e. The summed E-state index contributed by atoms with van der Waals surface area (Å²) in [5.41, 5.74) is 1.90. The van der Waals surface area contributed by atoms with E-state index in [0.717, 1.165) is 22.1 Å². The minimum absolute atomic E-state index is 0.947. The number of imidazole rings is 1. The van der Waals surface area contributed by atoms with Crippen LogP contribution < -0.4 is 0 Å². The Hall–Kier alpha value is -3.46. The summed E-state index contributed by atoms with van der Waals surface area (Å²) >= 11 is 0. The maximum Gasteiger partial charge on any atom is 0.146 e. The first-order valence-corrected chi connectivity index (χ1v) is 8.35. The van der Waals surface area contributed by atoms with Crippen LogP contribution in [0.5, 0.6) is 0 Å². The van der Waals surface area contributed by atoms with E-state index < -0.39 is 0 Å². The molecular weight excluding hydrogens is 306 g/mol. The Balaban J connectivity index is 1.95. The molecule has 0 saturated heterocycles. The number of nitrogens with zero attached hydrogens (tertiary/aromatic N) is 3. The molecule has 0 fully saturated rings. The van der Waals surface area contributed by atoms with Crippen LogP contribution in [0.3, 0.4) is 0 Å². The van der Waals surface area contributed by atoms with Gasteiger partial charge in [-0.05, 0) is 51.2 Å². The molecule has 3 nitrogen and oxygen atoms in total. The fraction of sp³-hybridized carbons (Fsp3) is 0. The van der Waals surface area contributed by atoms with Crippen LogP contribution in [-0.2, 0) is 0 Å². The lowest BCUT2D eigenvalue weighted by atomic mass is 9.97. The second kappa shape index (κ2) is 4.54. The Kier molecular flexibility index (Phi) is 2.35. The maximum atomic E-state index is 4.61. The van der Waals surface area contributed by atoms with Gasteiger partial charge >= 0.3 is 0 Å². The van der Waals surface area contributed by atoms with E-state index >= 15 is 0 Å². The summed E-state index contributed by atoms with van der Waals surface area (Å²) in [6, 6.07) is 21.6. The van der Waals surface area contributed by atoms with Crippen LogP contribution in [0.25, 0.3) is 49.0 Å². The normalized spacial score (nSPS) is 12.0. The lowest BCUT2D eigenvalue weighted by Gasteiger charge is -2.10. The van der Waals surface area contributed by atoms with Crippen LogP contribution in [-0.4, -0.2) is 14.4 Å². The number of benzene rings is 3. The van der Waals surface area contributed by atoms with Crippen LogP contribution in [0.2, 0.25) is 0 Å². The van der Waals surface area contributed by atoms with Crippen LogP contribution in [0, 0.1) is 0 Å². The Bertz CT molecular complexity index is 1440. The van der Waals surface area contributed by atoms with Gasteiger partial charge in [-0.2, -0.15) is 0 Å². The minimum atomic E-state index is 0.947. The van der Waals surface area contributed by atoms with Gasteiger partial charge in [0.25, 0.3) is 0 Å². The summed E-state index contributed by atoms with van der Waals surface area (Å²) in [5.74, 6) is 0. The monoisotopic (exact) mass is 319 g/mol. The average molecular weight is 319 g/mol. The van der Waals surface area contributed by atoms with E-state index in [0.29, 0.717) is 0 Å². The molecule has 0 aliphatic heterocycles. The first-order chi connectivity index (χ1) is 12.4. The van der Waals surface area contributed by atoms with Crippen LogP contribution in [0.15, 0.2) is 79.3 Å². The summed E-state index contributed by atoms with van der Waals surface area (Å²) in [5, 5.41) is 8.55. The number of pyridine rings is 2. The van der Waals surface area contributed by atoms with Gasteiger partial charge in [0.2, 0.25) is 0 Å². The van der Waals surface area contributed by atoms with Gasteiger partial charge in [-0.1, -0.05) is 36.4 Å². The van der Waals surface area contributed by atoms with Crippen molar-refractivity contribution >= 4 is 49.0 Å². The van der Waals surface area contributed by atoms with Gasteiger partial charge in [0, 0.05) is 29.4 Å². The van der Waals surface area contributed by atoms with Crippen molar-refractivity contribution < 1.29 is 0 Å². The average Bonchev–Trinajstić information content (AvgIpc) is 3.17. The van der Waals surface area contributed by atoms with E-state index in [9.17, 15) is 0 Å². The molecule has 3 heterocycles. The zero-order valence-corrected chi connectivity index (χ0v) is 13.3. The highest BCUT2D eigenvalue weighted by atomic mass is 15.0. The molecule has 0 unspecified atom stereocenters. The molecule has 0 aliphatic rings. The lowest BCUT2D eigenvalue weighted by molar-refractivity contribution is 1.20. The highest BCUT2D eigenvalue weighted by Gasteiger charge is 2.12. The molecular formula is C22H13N3. The third kappa shape index (κ3) is 1.64. The van der Waals surface area contributed by atoms with Crippen molar-refractivity contribution in [1.29, 1.82) is 0 Å². The number of fused-ring (bicyclic) bond motifs is 9. The number of hydrogen-bond acceptors (Lipinski definition) is 2. The highest BCUT2D eigenvalue weighted by Crippen LogP contribution is 2.34. The minimum Gasteiger partial charge on any atom is -0.283 e. The van der Waals surface area contributed by atoms with Crippen molar-refractivity contribution in [3.8, 4) is 0 Å². The first-order valence-electron chi connectivity index (χ1n) is 8.35. The Morgan fingerprint density at radius 1 is 0.560 bits per heavy atom.